The number of primary sulfonamides is 1. The summed E-state index contributed by atoms with van der Waals surface area (Å²) in [5, 5.41) is 8.57. The van der Waals surface area contributed by atoms with Crippen LogP contribution in [0.2, 0.25) is 5.02 Å². The summed E-state index contributed by atoms with van der Waals surface area (Å²) in [4.78, 5) is 12.5. The minimum Gasteiger partial charge on any atom is -0.480 e. The summed E-state index contributed by atoms with van der Waals surface area (Å²) in [5.41, 5.74) is 1.52. The highest BCUT2D eigenvalue weighted by Crippen LogP contribution is 2.31. The maximum absolute atomic E-state index is 12.5. The van der Waals surface area contributed by atoms with E-state index in [2.05, 4.69) is 5.32 Å². The molecular weight excluding hydrogens is 364 g/mol. The number of nitrogens with one attached hydrogen (secondary N) is 1. The number of hydrogen-bond donors (Lipinski definition) is 2. The number of ether oxygens (including phenoxy) is 1. The van der Waals surface area contributed by atoms with Crippen molar-refractivity contribution in [2.24, 2.45) is 5.14 Å². The van der Waals surface area contributed by atoms with Crippen LogP contribution in [0.25, 0.3) is 0 Å². The molecule has 1 amide bonds. The molecule has 8 heteroatoms. The van der Waals surface area contributed by atoms with Crippen molar-refractivity contribution in [1.29, 1.82) is 0 Å². The van der Waals surface area contributed by atoms with E-state index in [4.69, 9.17) is 21.5 Å². The molecule has 3 rings (SSSR count). The quantitative estimate of drug-likeness (QED) is 0.849. The summed E-state index contributed by atoms with van der Waals surface area (Å²) in [7, 11) is -3.79. The molecule has 1 heterocycles. The Morgan fingerprint density at radius 1 is 1.32 bits per heavy atom. The molecule has 0 saturated heterocycles. The third-order valence-corrected chi connectivity index (χ3v) is 5.18. The van der Waals surface area contributed by atoms with Crippen LogP contribution in [0.3, 0.4) is 0 Å². The predicted octanol–water partition coefficient (Wildman–Crippen LogP) is 2.17. The Balaban J connectivity index is 1.70. The Hall–Kier alpha value is -2.09. The van der Waals surface area contributed by atoms with Gasteiger partial charge in [-0.3, -0.25) is 4.79 Å². The molecular formula is C17H17ClN2O4S. The Morgan fingerprint density at radius 2 is 2.08 bits per heavy atom. The Labute approximate surface area is 151 Å². The zero-order valence-corrected chi connectivity index (χ0v) is 15.0. The van der Waals surface area contributed by atoms with Gasteiger partial charge in [0, 0.05) is 11.4 Å². The second kappa shape index (κ2) is 6.67. The number of amides is 1. The number of halogens is 1. The first-order chi connectivity index (χ1) is 11.7. The van der Waals surface area contributed by atoms with E-state index in [0.29, 0.717) is 22.8 Å². The van der Waals surface area contributed by atoms with Crippen molar-refractivity contribution in [2.45, 2.75) is 30.4 Å². The van der Waals surface area contributed by atoms with Gasteiger partial charge in [-0.05, 0) is 48.4 Å². The molecule has 132 valence electrons. The van der Waals surface area contributed by atoms with Crippen LogP contribution >= 0.6 is 11.6 Å². The van der Waals surface area contributed by atoms with Gasteiger partial charge < -0.3 is 10.1 Å². The van der Waals surface area contributed by atoms with Crippen LogP contribution in [-0.2, 0) is 21.2 Å². The van der Waals surface area contributed by atoms with Gasteiger partial charge in [0.1, 0.15) is 5.75 Å². The van der Waals surface area contributed by atoms with Gasteiger partial charge in [0.2, 0.25) is 10.0 Å². The van der Waals surface area contributed by atoms with Gasteiger partial charge in [-0.1, -0.05) is 23.7 Å². The van der Waals surface area contributed by atoms with Crippen LogP contribution in [0, 0.1) is 0 Å². The number of nitrogens with two attached hydrogens (primary N) is 1. The van der Waals surface area contributed by atoms with E-state index in [1.165, 1.54) is 12.1 Å². The fraction of sp³-hybridized carbons (Fsp3) is 0.235. The predicted molar refractivity (Wildman–Crippen MR) is 93.9 cm³/mol. The molecule has 1 aliphatic heterocycles. The largest absolute Gasteiger partial charge is 0.480 e. The Bertz CT molecular complexity index is 930. The first-order valence-corrected chi connectivity index (χ1v) is 9.54. The lowest BCUT2D eigenvalue weighted by Gasteiger charge is -2.18. The Kier molecular flexibility index (Phi) is 4.73. The summed E-state index contributed by atoms with van der Waals surface area (Å²) < 4.78 is 28.6. The van der Waals surface area contributed by atoms with Gasteiger partial charge in [-0.2, -0.15) is 0 Å². The van der Waals surface area contributed by atoms with Crippen LogP contribution in [0.1, 0.15) is 24.1 Å². The molecule has 0 saturated carbocycles. The van der Waals surface area contributed by atoms with Crippen molar-refractivity contribution in [3.8, 4) is 5.75 Å². The second-order valence-electron chi connectivity index (χ2n) is 5.91. The fourth-order valence-corrected chi connectivity index (χ4v) is 3.48. The van der Waals surface area contributed by atoms with Crippen molar-refractivity contribution >= 4 is 27.5 Å². The lowest BCUT2D eigenvalue weighted by Crippen LogP contribution is -2.38. The zero-order chi connectivity index (χ0) is 18.2. The third-order valence-electron chi connectivity index (χ3n) is 4.03. The lowest BCUT2D eigenvalue weighted by atomic mass is 10.1. The normalized spacial score (nSPS) is 17.5. The lowest BCUT2D eigenvalue weighted by molar-refractivity contribution is -0.127. The molecule has 0 aliphatic carbocycles. The van der Waals surface area contributed by atoms with Crippen molar-refractivity contribution in [3.05, 3.63) is 58.6 Å². The average molecular weight is 381 g/mol. The molecule has 2 aromatic carbocycles. The standard InChI is InChI=1S/C17H17ClN2O4S/c1-10(11-3-2-4-14(8-11)25(19,22)23)20-17(21)16-9-12-7-13(18)5-6-15(12)24-16/h2-8,10,16H,9H2,1H3,(H,20,21)(H2,19,22,23). The topological polar surface area (TPSA) is 98.5 Å². The zero-order valence-electron chi connectivity index (χ0n) is 13.4. The number of hydrogen-bond acceptors (Lipinski definition) is 4. The number of carbonyl (C=O) groups excluding carboxylic acids is 1. The first kappa shape index (κ1) is 17.7. The number of rotatable bonds is 4. The molecule has 2 unspecified atom stereocenters. The van der Waals surface area contributed by atoms with E-state index in [0.717, 1.165) is 5.56 Å². The molecule has 0 radical (unpaired) electrons. The molecule has 2 aromatic rings. The minimum atomic E-state index is -3.79. The average Bonchev–Trinajstić information content (AvgIpc) is 2.97. The van der Waals surface area contributed by atoms with Crippen molar-refractivity contribution in [1.82, 2.24) is 5.32 Å². The van der Waals surface area contributed by atoms with Crippen LogP contribution in [0.15, 0.2) is 47.4 Å². The molecule has 1 aliphatic rings. The second-order valence-corrected chi connectivity index (χ2v) is 7.91. The van der Waals surface area contributed by atoms with Gasteiger partial charge in [0.15, 0.2) is 6.10 Å². The number of carbonyl (C=O) groups is 1. The van der Waals surface area contributed by atoms with E-state index >= 15 is 0 Å². The molecule has 0 bridgehead atoms. The minimum absolute atomic E-state index is 0.00487. The summed E-state index contributed by atoms with van der Waals surface area (Å²) in [6.07, 6.45) is -0.205. The van der Waals surface area contributed by atoms with E-state index in [1.807, 2.05) is 0 Å². The molecule has 0 spiro atoms. The molecule has 0 aromatic heterocycles. The smallest absolute Gasteiger partial charge is 0.261 e. The van der Waals surface area contributed by atoms with E-state index < -0.39 is 22.2 Å². The molecule has 2 atom stereocenters. The number of fused-ring (bicyclic) bond motifs is 1. The fourth-order valence-electron chi connectivity index (χ4n) is 2.71. The summed E-state index contributed by atoms with van der Waals surface area (Å²) in [6, 6.07) is 11.0. The van der Waals surface area contributed by atoms with E-state index in [1.54, 1.807) is 37.3 Å². The van der Waals surface area contributed by atoms with Crippen molar-refractivity contribution in [2.75, 3.05) is 0 Å². The summed E-state index contributed by atoms with van der Waals surface area (Å²) >= 11 is 5.95. The van der Waals surface area contributed by atoms with Crippen LogP contribution in [0.4, 0.5) is 0 Å². The number of sulfonamides is 1. The van der Waals surface area contributed by atoms with Crippen LogP contribution < -0.4 is 15.2 Å². The number of benzene rings is 2. The van der Waals surface area contributed by atoms with E-state index in [-0.39, 0.29) is 10.8 Å². The van der Waals surface area contributed by atoms with Gasteiger partial charge in [0.25, 0.3) is 5.91 Å². The maximum atomic E-state index is 12.5. The highest BCUT2D eigenvalue weighted by Gasteiger charge is 2.30. The van der Waals surface area contributed by atoms with Crippen molar-refractivity contribution < 1.29 is 17.9 Å². The highest BCUT2D eigenvalue weighted by atomic mass is 35.5. The van der Waals surface area contributed by atoms with Gasteiger partial charge in [-0.15, -0.1) is 0 Å². The van der Waals surface area contributed by atoms with Crippen LogP contribution in [-0.4, -0.2) is 20.4 Å². The summed E-state index contributed by atoms with van der Waals surface area (Å²) in [6.45, 7) is 1.76. The van der Waals surface area contributed by atoms with Crippen molar-refractivity contribution in [3.63, 3.8) is 0 Å². The molecule has 6 nitrogen and oxygen atoms in total. The van der Waals surface area contributed by atoms with Crippen LogP contribution in [0.5, 0.6) is 5.75 Å². The first-order valence-electron chi connectivity index (χ1n) is 7.62. The molecule has 3 N–H and O–H groups in total. The molecule has 25 heavy (non-hydrogen) atoms. The van der Waals surface area contributed by atoms with E-state index in [9.17, 15) is 13.2 Å². The van der Waals surface area contributed by atoms with Gasteiger partial charge >= 0.3 is 0 Å². The maximum Gasteiger partial charge on any atom is 0.261 e. The molecule has 0 fully saturated rings. The SMILES string of the molecule is CC(NC(=O)C1Cc2cc(Cl)ccc2O1)c1cccc(S(N)(=O)=O)c1. The van der Waals surface area contributed by atoms with Gasteiger partial charge in [0.05, 0.1) is 10.9 Å². The highest BCUT2D eigenvalue weighted by molar-refractivity contribution is 7.89. The summed E-state index contributed by atoms with van der Waals surface area (Å²) in [5.74, 6) is 0.370. The Morgan fingerprint density at radius 3 is 2.80 bits per heavy atom. The third kappa shape index (κ3) is 3.95. The monoisotopic (exact) mass is 380 g/mol. The van der Waals surface area contributed by atoms with Gasteiger partial charge in [-0.25, -0.2) is 13.6 Å².